The Bertz CT molecular complexity index is 1250. The summed E-state index contributed by atoms with van der Waals surface area (Å²) in [5.41, 5.74) is 1.16. The highest BCUT2D eigenvalue weighted by Crippen LogP contribution is 2.41. The number of ether oxygens (including phenoxy) is 1. The quantitative estimate of drug-likeness (QED) is 0.498. The predicted octanol–water partition coefficient (Wildman–Crippen LogP) is 5.34. The van der Waals surface area contributed by atoms with Crippen LogP contribution in [0.25, 0.3) is 0 Å². The van der Waals surface area contributed by atoms with Gasteiger partial charge in [0, 0.05) is 49.5 Å². The van der Waals surface area contributed by atoms with E-state index in [-0.39, 0.29) is 12.0 Å². The third kappa shape index (κ3) is 4.73. The normalized spacial score (nSPS) is 25.5. The van der Waals surface area contributed by atoms with Crippen LogP contribution in [-0.2, 0) is 12.7 Å². The fourth-order valence-electron chi connectivity index (χ4n) is 6.35. The number of anilines is 2. The van der Waals surface area contributed by atoms with Crippen molar-refractivity contribution in [3.05, 3.63) is 59.5 Å². The molecule has 0 radical (unpaired) electrons. The average molecular weight is 513 g/mol. The van der Waals surface area contributed by atoms with Crippen molar-refractivity contribution in [1.29, 1.82) is 0 Å². The van der Waals surface area contributed by atoms with Gasteiger partial charge in [0.15, 0.2) is 0 Å². The maximum absolute atomic E-state index is 13.4. The minimum absolute atomic E-state index is 0.201. The third-order valence-electron chi connectivity index (χ3n) is 8.16. The summed E-state index contributed by atoms with van der Waals surface area (Å²) in [6.07, 6.45) is 2.32. The fraction of sp³-hybridized carbons (Fsp3) is 0.519. The van der Waals surface area contributed by atoms with Crippen molar-refractivity contribution in [2.24, 2.45) is 11.8 Å². The molecule has 2 aliphatic heterocycles. The Labute approximate surface area is 214 Å². The van der Waals surface area contributed by atoms with E-state index in [1.165, 1.54) is 12.1 Å². The van der Waals surface area contributed by atoms with Gasteiger partial charge in [0.05, 0.1) is 12.7 Å². The van der Waals surface area contributed by atoms with E-state index in [9.17, 15) is 13.2 Å². The smallest absolute Gasteiger partial charge is 0.416 e. The lowest BCUT2D eigenvalue weighted by atomic mass is 9.91. The van der Waals surface area contributed by atoms with Crippen LogP contribution in [0.5, 0.6) is 5.88 Å². The van der Waals surface area contributed by atoms with E-state index in [1.54, 1.807) is 19.4 Å². The second-order valence-electron chi connectivity index (χ2n) is 10.4. The summed E-state index contributed by atoms with van der Waals surface area (Å²) >= 11 is 0. The van der Waals surface area contributed by atoms with Gasteiger partial charge in [-0.15, -0.1) is 5.10 Å². The van der Waals surface area contributed by atoms with Crippen LogP contribution in [0.15, 0.2) is 42.6 Å². The molecule has 196 valence electrons. The SMILES string of the molecule is COc1cc(N2C[C@H]3CC[C@@H](C2)[C@@H]3Nc2nc3n(n2)CCCC[C@@H]3c2cccc(C(F)(F)F)c2)ccn1. The third-order valence-corrected chi connectivity index (χ3v) is 8.16. The molecule has 3 aliphatic rings. The number of aromatic nitrogens is 4. The number of pyridine rings is 1. The van der Waals surface area contributed by atoms with E-state index in [2.05, 4.69) is 15.2 Å². The number of benzene rings is 1. The van der Waals surface area contributed by atoms with Gasteiger partial charge in [-0.2, -0.15) is 18.2 Å². The van der Waals surface area contributed by atoms with E-state index < -0.39 is 11.7 Å². The van der Waals surface area contributed by atoms with Crippen molar-refractivity contribution in [3.8, 4) is 5.88 Å². The molecular formula is C27H31F3N6O. The Kier molecular flexibility index (Phi) is 6.20. The summed E-state index contributed by atoms with van der Waals surface area (Å²) in [6, 6.07) is 9.95. The molecule has 0 spiro atoms. The van der Waals surface area contributed by atoms with Gasteiger partial charge in [0.1, 0.15) is 5.82 Å². The summed E-state index contributed by atoms with van der Waals surface area (Å²) in [5, 5.41) is 8.42. The van der Waals surface area contributed by atoms with Crippen molar-refractivity contribution in [2.75, 3.05) is 30.4 Å². The summed E-state index contributed by atoms with van der Waals surface area (Å²) in [6.45, 7) is 2.60. The van der Waals surface area contributed by atoms with Crippen LogP contribution in [0.4, 0.5) is 24.8 Å². The van der Waals surface area contributed by atoms with Gasteiger partial charge in [-0.1, -0.05) is 24.6 Å². The second kappa shape index (κ2) is 9.54. The van der Waals surface area contributed by atoms with Crippen molar-refractivity contribution in [3.63, 3.8) is 0 Å². The highest BCUT2D eigenvalue weighted by molar-refractivity contribution is 5.49. The zero-order chi connectivity index (χ0) is 25.6. The number of nitrogens with one attached hydrogen (secondary N) is 1. The maximum atomic E-state index is 13.4. The van der Waals surface area contributed by atoms with Crippen LogP contribution in [-0.4, -0.2) is 46.0 Å². The molecule has 1 aromatic carbocycles. The largest absolute Gasteiger partial charge is 0.481 e. The molecule has 7 nitrogen and oxygen atoms in total. The molecule has 0 amide bonds. The maximum Gasteiger partial charge on any atom is 0.416 e. The molecule has 2 aromatic heterocycles. The van der Waals surface area contributed by atoms with Gasteiger partial charge in [-0.05, 0) is 55.2 Å². The number of fused-ring (bicyclic) bond motifs is 3. The molecule has 10 heteroatoms. The van der Waals surface area contributed by atoms with Crippen LogP contribution in [0.3, 0.4) is 0 Å². The van der Waals surface area contributed by atoms with E-state index in [0.717, 1.165) is 69.3 Å². The van der Waals surface area contributed by atoms with Crippen LogP contribution in [0.2, 0.25) is 0 Å². The first-order valence-electron chi connectivity index (χ1n) is 13.0. The van der Waals surface area contributed by atoms with Gasteiger partial charge in [-0.25, -0.2) is 9.67 Å². The van der Waals surface area contributed by atoms with Crippen molar-refractivity contribution >= 4 is 11.6 Å². The summed E-state index contributed by atoms with van der Waals surface area (Å²) in [4.78, 5) is 11.5. The van der Waals surface area contributed by atoms with Gasteiger partial charge in [-0.3, -0.25) is 0 Å². The first-order valence-corrected chi connectivity index (χ1v) is 13.0. The standard InChI is InChI=1S/C27H31F3N6O/c1-37-23-14-21(10-11-31-23)35-15-18-8-9-19(16-35)24(18)32-26-33-25-22(7-2-3-12-36(25)34-26)17-5-4-6-20(13-17)27(28,29)30/h4-6,10-11,13-14,18-19,22,24H,2-3,7-9,12,15-16H2,1H3,(H,32,34)/t18-,19+,22-,24-/m1/s1. The van der Waals surface area contributed by atoms with Crippen molar-refractivity contribution in [1.82, 2.24) is 19.7 Å². The number of rotatable bonds is 5. The number of halogens is 3. The van der Waals surface area contributed by atoms with Crippen LogP contribution >= 0.6 is 0 Å². The molecule has 0 unspecified atom stereocenters. The van der Waals surface area contributed by atoms with Crippen LogP contribution in [0.1, 0.15) is 55.0 Å². The number of hydrogen-bond donors (Lipinski definition) is 1. The minimum atomic E-state index is -4.36. The highest BCUT2D eigenvalue weighted by Gasteiger charge is 2.43. The second-order valence-corrected chi connectivity index (χ2v) is 10.4. The molecule has 1 N–H and O–H groups in total. The number of piperidine rings is 1. The molecule has 1 saturated carbocycles. The van der Waals surface area contributed by atoms with Crippen molar-refractivity contribution in [2.45, 2.75) is 56.8 Å². The molecule has 1 aliphatic carbocycles. The van der Waals surface area contributed by atoms with Gasteiger partial charge < -0.3 is 15.0 Å². The summed E-state index contributed by atoms with van der Waals surface area (Å²) in [7, 11) is 1.63. The van der Waals surface area contributed by atoms with Crippen LogP contribution < -0.4 is 15.0 Å². The van der Waals surface area contributed by atoms with E-state index in [1.807, 2.05) is 16.8 Å². The molecule has 3 aromatic rings. The highest BCUT2D eigenvalue weighted by atomic mass is 19.4. The zero-order valence-electron chi connectivity index (χ0n) is 20.8. The molecule has 4 heterocycles. The molecule has 1 saturated heterocycles. The lowest BCUT2D eigenvalue weighted by molar-refractivity contribution is -0.137. The Balaban J connectivity index is 1.21. The Morgan fingerprint density at radius 2 is 1.84 bits per heavy atom. The fourth-order valence-corrected chi connectivity index (χ4v) is 6.35. The lowest BCUT2D eigenvalue weighted by Crippen LogP contribution is -2.48. The van der Waals surface area contributed by atoms with Gasteiger partial charge in [0.2, 0.25) is 11.8 Å². The monoisotopic (exact) mass is 512 g/mol. The average Bonchev–Trinajstić information content (AvgIpc) is 3.30. The van der Waals surface area contributed by atoms with E-state index in [4.69, 9.17) is 14.8 Å². The van der Waals surface area contributed by atoms with Gasteiger partial charge >= 0.3 is 6.18 Å². The summed E-state index contributed by atoms with van der Waals surface area (Å²) in [5.74, 6) is 2.68. The number of hydrogen-bond acceptors (Lipinski definition) is 6. The molecule has 2 fully saturated rings. The molecular weight excluding hydrogens is 481 g/mol. The van der Waals surface area contributed by atoms with E-state index in [0.29, 0.717) is 29.2 Å². The molecule has 37 heavy (non-hydrogen) atoms. The number of alkyl halides is 3. The minimum Gasteiger partial charge on any atom is -0.481 e. The molecule has 2 bridgehead atoms. The van der Waals surface area contributed by atoms with Crippen molar-refractivity contribution < 1.29 is 17.9 Å². The van der Waals surface area contributed by atoms with Crippen LogP contribution in [0, 0.1) is 11.8 Å². The van der Waals surface area contributed by atoms with E-state index >= 15 is 0 Å². The summed E-state index contributed by atoms with van der Waals surface area (Å²) < 4.78 is 47.3. The van der Waals surface area contributed by atoms with Gasteiger partial charge in [0.25, 0.3) is 0 Å². The number of aryl methyl sites for hydroxylation is 1. The first kappa shape index (κ1) is 24.1. The zero-order valence-corrected chi connectivity index (χ0v) is 20.8. The Morgan fingerprint density at radius 3 is 2.59 bits per heavy atom. The Hall–Kier alpha value is -3.30. The first-order chi connectivity index (χ1) is 17.9. The number of methoxy groups -OCH3 is 1. The Morgan fingerprint density at radius 1 is 1.03 bits per heavy atom. The predicted molar refractivity (Wildman–Crippen MR) is 134 cm³/mol. The molecule has 6 rings (SSSR count). The topological polar surface area (TPSA) is 68.1 Å². The number of nitrogens with zero attached hydrogens (tertiary/aromatic N) is 5. The molecule has 4 atom stereocenters. The lowest BCUT2D eigenvalue weighted by Gasteiger charge is -2.39.